The summed E-state index contributed by atoms with van der Waals surface area (Å²) in [5.74, 6) is 0.642. The number of amides is 1. The number of carbonyl (C=O) groups excluding carboxylic acids is 1. The first-order valence-electron chi connectivity index (χ1n) is 7.33. The quantitative estimate of drug-likeness (QED) is 0.648. The highest BCUT2D eigenvalue weighted by Crippen LogP contribution is 2.32. The van der Waals surface area contributed by atoms with Gasteiger partial charge in [-0.25, -0.2) is 4.39 Å². The van der Waals surface area contributed by atoms with E-state index < -0.39 is 0 Å². The second kappa shape index (κ2) is 7.83. The van der Waals surface area contributed by atoms with Gasteiger partial charge in [-0.15, -0.1) is 0 Å². The number of carbonyl (C=O) groups is 1. The van der Waals surface area contributed by atoms with E-state index in [2.05, 4.69) is 22.6 Å². The molecule has 128 valence electrons. The van der Waals surface area contributed by atoms with E-state index in [1.165, 1.54) is 19.2 Å². The predicted molar refractivity (Wildman–Crippen MR) is 99.2 cm³/mol. The maximum Gasteiger partial charge on any atom is 0.255 e. The van der Waals surface area contributed by atoms with Crippen LogP contribution in [0.4, 0.5) is 4.39 Å². The lowest BCUT2D eigenvalue weighted by Crippen LogP contribution is -2.30. The molecule has 0 aliphatic rings. The maximum atomic E-state index is 13.1. The van der Waals surface area contributed by atoms with Crippen molar-refractivity contribution in [3.05, 3.63) is 56.9 Å². The first kappa shape index (κ1) is 18.5. The van der Waals surface area contributed by atoms with Gasteiger partial charge < -0.3 is 14.4 Å². The van der Waals surface area contributed by atoms with E-state index in [9.17, 15) is 9.18 Å². The molecule has 0 saturated carbocycles. The van der Waals surface area contributed by atoms with Crippen molar-refractivity contribution in [2.45, 2.75) is 13.0 Å². The van der Waals surface area contributed by atoms with Crippen molar-refractivity contribution in [3.8, 4) is 11.5 Å². The normalized spacial score (nSPS) is 11.8. The van der Waals surface area contributed by atoms with Crippen molar-refractivity contribution in [2.75, 3.05) is 21.3 Å². The summed E-state index contributed by atoms with van der Waals surface area (Å²) in [4.78, 5) is 14.5. The first-order chi connectivity index (χ1) is 11.4. The molecule has 0 saturated heterocycles. The van der Waals surface area contributed by atoms with Gasteiger partial charge in [-0.2, -0.15) is 0 Å². The van der Waals surface area contributed by atoms with Crippen molar-refractivity contribution in [1.29, 1.82) is 0 Å². The van der Waals surface area contributed by atoms with Crippen LogP contribution in [0.5, 0.6) is 11.5 Å². The molecule has 0 bridgehead atoms. The second-order valence-electron chi connectivity index (χ2n) is 5.33. The van der Waals surface area contributed by atoms with Gasteiger partial charge in [-0.3, -0.25) is 4.79 Å². The Morgan fingerprint density at radius 1 is 1.12 bits per heavy atom. The van der Waals surface area contributed by atoms with Crippen LogP contribution in [-0.2, 0) is 0 Å². The molecule has 2 aromatic rings. The van der Waals surface area contributed by atoms with Crippen LogP contribution in [0.15, 0.2) is 36.4 Å². The minimum absolute atomic E-state index is 0.142. The number of hydrogen-bond acceptors (Lipinski definition) is 3. The molecule has 0 heterocycles. The number of nitrogens with zero attached hydrogens (tertiary/aromatic N) is 1. The molecular weight excluding hydrogens is 424 g/mol. The Morgan fingerprint density at radius 3 is 2.21 bits per heavy atom. The van der Waals surface area contributed by atoms with Gasteiger partial charge in [-0.05, 0) is 59.3 Å². The molecular formula is C18H19FINO3. The Bertz CT molecular complexity index is 734. The fourth-order valence-electron chi connectivity index (χ4n) is 2.35. The van der Waals surface area contributed by atoms with Gasteiger partial charge in [-0.1, -0.05) is 12.1 Å². The standard InChI is InChI=1S/C18H19FINO3/c1-11(12-5-7-13(19)8-6-12)21(2)18(22)14-9-16(23-3)17(24-4)10-15(14)20/h5-11H,1-4H3. The van der Waals surface area contributed by atoms with E-state index in [0.717, 1.165) is 9.13 Å². The summed E-state index contributed by atoms with van der Waals surface area (Å²) in [6.45, 7) is 1.90. The number of ether oxygens (including phenoxy) is 2. The van der Waals surface area contributed by atoms with Crippen LogP contribution < -0.4 is 9.47 Å². The van der Waals surface area contributed by atoms with Crippen LogP contribution in [0.1, 0.15) is 28.9 Å². The minimum atomic E-state index is -0.297. The number of methoxy groups -OCH3 is 2. The van der Waals surface area contributed by atoms with Crippen molar-refractivity contribution in [3.63, 3.8) is 0 Å². The Morgan fingerprint density at radius 2 is 1.67 bits per heavy atom. The summed E-state index contributed by atoms with van der Waals surface area (Å²) in [6.07, 6.45) is 0. The summed E-state index contributed by atoms with van der Waals surface area (Å²) < 4.78 is 24.4. The largest absolute Gasteiger partial charge is 0.493 e. The van der Waals surface area contributed by atoms with Crippen molar-refractivity contribution >= 4 is 28.5 Å². The minimum Gasteiger partial charge on any atom is -0.493 e. The van der Waals surface area contributed by atoms with E-state index in [1.807, 2.05) is 6.92 Å². The lowest BCUT2D eigenvalue weighted by Gasteiger charge is -2.26. The highest BCUT2D eigenvalue weighted by atomic mass is 127. The Labute approximate surface area is 154 Å². The molecule has 0 fully saturated rings. The molecule has 2 rings (SSSR count). The van der Waals surface area contributed by atoms with Gasteiger partial charge in [0.15, 0.2) is 11.5 Å². The molecule has 0 spiro atoms. The summed E-state index contributed by atoms with van der Waals surface area (Å²) >= 11 is 2.10. The monoisotopic (exact) mass is 443 g/mol. The Hall–Kier alpha value is -1.83. The molecule has 0 aromatic heterocycles. The second-order valence-corrected chi connectivity index (χ2v) is 6.49. The molecule has 4 nitrogen and oxygen atoms in total. The zero-order chi connectivity index (χ0) is 17.9. The highest BCUT2D eigenvalue weighted by Gasteiger charge is 2.22. The summed E-state index contributed by atoms with van der Waals surface area (Å²) in [6, 6.07) is 9.41. The first-order valence-corrected chi connectivity index (χ1v) is 8.41. The van der Waals surface area contributed by atoms with E-state index in [4.69, 9.17) is 9.47 Å². The maximum absolute atomic E-state index is 13.1. The Kier molecular flexibility index (Phi) is 6.04. The van der Waals surface area contributed by atoms with E-state index in [0.29, 0.717) is 17.1 Å². The fourth-order valence-corrected chi connectivity index (χ4v) is 3.02. The van der Waals surface area contributed by atoms with E-state index >= 15 is 0 Å². The van der Waals surface area contributed by atoms with E-state index in [-0.39, 0.29) is 17.8 Å². The fraction of sp³-hybridized carbons (Fsp3) is 0.278. The third-order valence-corrected chi connectivity index (χ3v) is 4.85. The third kappa shape index (κ3) is 3.80. The van der Waals surface area contributed by atoms with Crippen molar-refractivity contribution in [2.24, 2.45) is 0 Å². The topological polar surface area (TPSA) is 38.8 Å². The molecule has 0 radical (unpaired) electrons. The third-order valence-electron chi connectivity index (χ3n) is 3.96. The molecule has 24 heavy (non-hydrogen) atoms. The van der Waals surface area contributed by atoms with Crippen LogP contribution in [0.25, 0.3) is 0 Å². The summed E-state index contributed by atoms with van der Waals surface area (Å²) in [7, 11) is 4.81. The van der Waals surface area contributed by atoms with Crippen molar-refractivity contribution < 1.29 is 18.7 Å². The molecule has 2 aromatic carbocycles. The zero-order valence-electron chi connectivity index (χ0n) is 14.0. The van der Waals surface area contributed by atoms with Crippen LogP contribution >= 0.6 is 22.6 Å². The molecule has 0 aliphatic heterocycles. The molecule has 1 unspecified atom stereocenters. The summed E-state index contributed by atoms with van der Waals surface area (Å²) in [5.41, 5.74) is 1.40. The molecule has 1 amide bonds. The van der Waals surface area contributed by atoms with Crippen LogP contribution in [0, 0.1) is 9.39 Å². The van der Waals surface area contributed by atoms with Gasteiger partial charge in [0.25, 0.3) is 5.91 Å². The molecule has 0 N–H and O–H groups in total. The van der Waals surface area contributed by atoms with Crippen molar-refractivity contribution in [1.82, 2.24) is 4.90 Å². The average molecular weight is 443 g/mol. The van der Waals surface area contributed by atoms with Gasteiger partial charge in [0.05, 0.1) is 25.8 Å². The molecule has 0 aliphatic carbocycles. The number of halogens is 2. The van der Waals surface area contributed by atoms with Crippen LogP contribution in [0.3, 0.4) is 0 Å². The number of benzene rings is 2. The van der Waals surface area contributed by atoms with Crippen LogP contribution in [0.2, 0.25) is 0 Å². The van der Waals surface area contributed by atoms with Gasteiger partial charge in [0.1, 0.15) is 5.82 Å². The number of hydrogen-bond donors (Lipinski definition) is 0. The smallest absolute Gasteiger partial charge is 0.255 e. The molecule has 1 atom stereocenters. The van der Waals surface area contributed by atoms with E-state index in [1.54, 1.807) is 43.3 Å². The Balaban J connectivity index is 2.31. The highest BCUT2D eigenvalue weighted by molar-refractivity contribution is 14.1. The van der Waals surface area contributed by atoms with Gasteiger partial charge >= 0.3 is 0 Å². The van der Waals surface area contributed by atoms with Gasteiger partial charge in [0.2, 0.25) is 0 Å². The van der Waals surface area contributed by atoms with Gasteiger partial charge in [0, 0.05) is 10.6 Å². The molecule has 6 heteroatoms. The van der Waals surface area contributed by atoms with Crippen LogP contribution in [-0.4, -0.2) is 32.1 Å². The zero-order valence-corrected chi connectivity index (χ0v) is 16.1. The average Bonchev–Trinajstić information content (AvgIpc) is 2.60. The lowest BCUT2D eigenvalue weighted by atomic mass is 10.1. The predicted octanol–water partition coefficient (Wildman–Crippen LogP) is 4.28. The lowest BCUT2D eigenvalue weighted by molar-refractivity contribution is 0.0741. The number of rotatable bonds is 5. The SMILES string of the molecule is COc1cc(I)c(C(=O)N(C)C(C)c2ccc(F)cc2)cc1OC. The summed E-state index contributed by atoms with van der Waals surface area (Å²) in [5, 5.41) is 0.